The van der Waals surface area contributed by atoms with Gasteiger partial charge in [-0.1, -0.05) is 42.5 Å². The predicted molar refractivity (Wildman–Crippen MR) is 126 cm³/mol. The Morgan fingerprint density at radius 2 is 2.00 bits per heavy atom. The third-order valence-electron chi connectivity index (χ3n) is 5.46. The molecule has 0 bridgehead atoms. The van der Waals surface area contributed by atoms with E-state index in [4.69, 9.17) is 9.84 Å². The first-order valence-corrected chi connectivity index (χ1v) is 10.6. The molecule has 0 atom stereocenters. The number of ether oxygens (including phenoxy) is 1. The summed E-state index contributed by atoms with van der Waals surface area (Å²) in [6, 6.07) is 21.9. The smallest absolute Gasteiger partial charge is 0.304 e. The van der Waals surface area contributed by atoms with Crippen molar-refractivity contribution in [3.63, 3.8) is 0 Å². The first-order valence-electron chi connectivity index (χ1n) is 10.6. The third kappa shape index (κ3) is 5.20. The number of pyridine rings is 1. The summed E-state index contributed by atoms with van der Waals surface area (Å²) in [5.41, 5.74) is 5.26. The molecule has 0 unspecified atom stereocenters. The average molecular weight is 441 g/mol. The Balaban J connectivity index is 1.45. The topological polar surface area (TPSA) is 100 Å². The van der Waals surface area contributed by atoms with Gasteiger partial charge in [-0.2, -0.15) is 5.26 Å². The monoisotopic (exact) mass is 440 g/mol. The molecule has 0 aliphatic heterocycles. The zero-order valence-corrected chi connectivity index (χ0v) is 18.3. The average Bonchev–Trinajstić information content (AvgIpc) is 3.15. The number of hydrogen-bond acceptors (Lipinski definition) is 5. The molecule has 0 radical (unpaired) electrons. The van der Waals surface area contributed by atoms with Crippen molar-refractivity contribution in [3.8, 4) is 22.9 Å². The lowest BCUT2D eigenvalue weighted by Gasteiger charge is -2.09. The van der Waals surface area contributed by atoms with Crippen molar-refractivity contribution in [2.45, 2.75) is 19.6 Å². The Hall–Kier alpha value is -4.15. The van der Waals surface area contributed by atoms with Crippen LogP contribution in [-0.2, 0) is 25.0 Å². The summed E-state index contributed by atoms with van der Waals surface area (Å²) in [7, 11) is 1.93. The first kappa shape index (κ1) is 22.1. The lowest BCUT2D eigenvalue weighted by Crippen LogP contribution is -2.19. The summed E-state index contributed by atoms with van der Waals surface area (Å²) in [5.74, 6) is -0.177. The minimum absolute atomic E-state index is 0.0834. The largest absolute Gasteiger partial charge is 0.487 e. The van der Waals surface area contributed by atoms with E-state index < -0.39 is 5.97 Å². The molecule has 7 heteroatoms. The van der Waals surface area contributed by atoms with Crippen LogP contribution in [0.15, 0.2) is 66.9 Å². The summed E-state index contributed by atoms with van der Waals surface area (Å²) in [4.78, 5) is 15.2. The van der Waals surface area contributed by atoms with Crippen molar-refractivity contribution in [2.24, 2.45) is 7.05 Å². The third-order valence-corrected chi connectivity index (χ3v) is 5.46. The Labute approximate surface area is 191 Å². The Kier molecular flexibility index (Phi) is 6.67. The summed E-state index contributed by atoms with van der Waals surface area (Å²) < 4.78 is 7.94. The number of fused-ring (bicyclic) bond motifs is 1. The second-order valence-electron chi connectivity index (χ2n) is 7.75. The van der Waals surface area contributed by atoms with Crippen molar-refractivity contribution in [2.75, 3.05) is 6.54 Å². The minimum Gasteiger partial charge on any atom is -0.487 e. The summed E-state index contributed by atoms with van der Waals surface area (Å²) >= 11 is 0. The number of aliphatic carboxylic acids is 1. The molecule has 0 fully saturated rings. The number of carbonyl (C=O) groups is 1. The minimum atomic E-state index is -0.820. The summed E-state index contributed by atoms with van der Waals surface area (Å²) in [6.45, 7) is 1.29. The SMILES string of the molecule is Cn1c(CNCCC(=O)O)cc2cc(OCc3ccc(-c4ccccc4)c(C#N)c3)cnc21. The predicted octanol–water partition coefficient (Wildman–Crippen LogP) is 4.26. The van der Waals surface area contributed by atoms with Gasteiger partial charge < -0.3 is 19.7 Å². The number of benzene rings is 2. The number of nitrogens with zero attached hydrogens (tertiary/aromatic N) is 3. The second-order valence-corrected chi connectivity index (χ2v) is 7.75. The van der Waals surface area contributed by atoms with Gasteiger partial charge in [-0.3, -0.25) is 4.79 Å². The molecule has 2 aromatic heterocycles. The fraction of sp³-hybridized carbons (Fsp3) is 0.192. The van der Waals surface area contributed by atoms with Crippen LogP contribution >= 0.6 is 0 Å². The lowest BCUT2D eigenvalue weighted by molar-refractivity contribution is -0.136. The van der Waals surface area contributed by atoms with Crippen LogP contribution in [0.3, 0.4) is 0 Å². The quantitative estimate of drug-likeness (QED) is 0.377. The molecule has 7 nitrogen and oxygen atoms in total. The number of hydrogen-bond donors (Lipinski definition) is 2. The van der Waals surface area contributed by atoms with Crippen LogP contribution in [0.1, 0.15) is 23.2 Å². The molecule has 4 rings (SSSR count). The maximum atomic E-state index is 10.7. The fourth-order valence-electron chi connectivity index (χ4n) is 3.72. The highest BCUT2D eigenvalue weighted by Crippen LogP contribution is 2.26. The molecule has 2 aromatic carbocycles. The van der Waals surface area contributed by atoms with Crippen molar-refractivity contribution in [1.29, 1.82) is 5.26 Å². The molecule has 0 amide bonds. The van der Waals surface area contributed by atoms with E-state index in [-0.39, 0.29) is 6.42 Å². The van der Waals surface area contributed by atoms with E-state index in [9.17, 15) is 10.1 Å². The number of nitriles is 1. The van der Waals surface area contributed by atoms with E-state index in [1.54, 1.807) is 6.20 Å². The van der Waals surface area contributed by atoms with E-state index in [1.165, 1.54) is 0 Å². The zero-order chi connectivity index (χ0) is 23.2. The standard InChI is InChI=1S/C26H24N4O3/c1-30-22(15-28-10-9-25(31)32)12-20-13-23(16-29-26(20)30)33-17-18-7-8-24(21(11-18)14-27)19-5-3-2-4-6-19/h2-8,11-13,16,28H,9-10,15,17H2,1H3,(H,31,32). The van der Waals surface area contributed by atoms with Crippen molar-refractivity contribution < 1.29 is 14.6 Å². The molecular formula is C26H24N4O3. The summed E-state index contributed by atoms with van der Waals surface area (Å²) in [5, 5.41) is 22.4. The van der Waals surface area contributed by atoms with Gasteiger partial charge in [0.15, 0.2) is 0 Å². The molecular weight excluding hydrogens is 416 g/mol. The molecule has 4 aromatic rings. The highest BCUT2D eigenvalue weighted by atomic mass is 16.5. The molecule has 2 heterocycles. The zero-order valence-electron chi connectivity index (χ0n) is 18.3. The highest BCUT2D eigenvalue weighted by molar-refractivity contribution is 5.78. The fourth-order valence-corrected chi connectivity index (χ4v) is 3.72. The van der Waals surface area contributed by atoms with E-state index in [1.807, 2.05) is 72.3 Å². The molecule has 2 N–H and O–H groups in total. The number of aromatic nitrogens is 2. The van der Waals surface area contributed by atoms with E-state index in [2.05, 4.69) is 16.4 Å². The molecule has 0 saturated carbocycles. The molecule has 0 aliphatic carbocycles. The van der Waals surface area contributed by atoms with Gasteiger partial charge in [-0.15, -0.1) is 0 Å². The normalized spacial score (nSPS) is 10.8. The van der Waals surface area contributed by atoms with E-state index in [0.29, 0.717) is 31.0 Å². The number of aryl methyl sites for hydroxylation is 1. The van der Waals surface area contributed by atoms with Crippen LogP contribution in [-0.4, -0.2) is 27.2 Å². The van der Waals surface area contributed by atoms with Gasteiger partial charge in [0.05, 0.1) is 24.3 Å². The van der Waals surface area contributed by atoms with Gasteiger partial charge in [-0.05, 0) is 34.9 Å². The number of nitrogens with one attached hydrogen (secondary N) is 1. The van der Waals surface area contributed by atoms with E-state index >= 15 is 0 Å². The van der Waals surface area contributed by atoms with Gasteiger partial charge in [0.1, 0.15) is 18.0 Å². The summed E-state index contributed by atoms with van der Waals surface area (Å²) in [6.07, 6.45) is 1.77. The molecule has 166 valence electrons. The van der Waals surface area contributed by atoms with Crippen LogP contribution in [0.4, 0.5) is 0 Å². The molecule has 0 saturated heterocycles. The van der Waals surface area contributed by atoms with Gasteiger partial charge in [-0.25, -0.2) is 4.98 Å². The van der Waals surface area contributed by atoms with Gasteiger partial charge in [0.25, 0.3) is 0 Å². The van der Waals surface area contributed by atoms with Gasteiger partial charge >= 0.3 is 5.97 Å². The van der Waals surface area contributed by atoms with Crippen LogP contribution in [0.25, 0.3) is 22.2 Å². The Morgan fingerprint density at radius 1 is 1.18 bits per heavy atom. The number of carboxylic acids is 1. The maximum Gasteiger partial charge on any atom is 0.304 e. The highest BCUT2D eigenvalue weighted by Gasteiger charge is 2.10. The van der Waals surface area contributed by atoms with Crippen molar-refractivity contribution >= 4 is 17.0 Å². The number of rotatable bonds is 9. The van der Waals surface area contributed by atoms with Gasteiger partial charge in [0.2, 0.25) is 0 Å². The first-order chi connectivity index (χ1) is 16.0. The van der Waals surface area contributed by atoms with Crippen LogP contribution in [0.2, 0.25) is 0 Å². The molecule has 33 heavy (non-hydrogen) atoms. The Bertz CT molecular complexity index is 1320. The van der Waals surface area contributed by atoms with Crippen molar-refractivity contribution in [3.05, 3.63) is 83.7 Å². The number of carboxylic acid groups (broad SMARTS) is 1. The van der Waals surface area contributed by atoms with Crippen LogP contribution < -0.4 is 10.1 Å². The molecule has 0 aliphatic rings. The van der Waals surface area contributed by atoms with E-state index in [0.717, 1.165) is 33.4 Å². The van der Waals surface area contributed by atoms with Crippen LogP contribution in [0, 0.1) is 11.3 Å². The van der Waals surface area contributed by atoms with Crippen LogP contribution in [0.5, 0.6) is 5.75 Å². The van der Waals surface area contributed by atoms with Crippen molar-refractivity contribution in [1.82, 2.24) is 14.9 Å². The lowest BCUT2D eigenvalue weighted by atomic mass is 9.98. The maximum absolute atomic E-state index is 10.7. The van der Waals surface area contributed by atoms with Gasteiger partial charge in [0, 0.05) is 31.2 Å². The second kappa shape index (κ2) is 9.98. The molecule has 0 spiro atoms. The Morgan fingerprint density at radius 3 is 2.76 bits per heavy atom.